The standard InChI is InChI=1S/C20H27ClN4/c1-4-14(5-2)18-16-13-15(21)7-8-17(16)24-20(19(18)23-6-3)25-11-9-22-10-12-25/h6-8,13-14,22H,4-5,9-12H2,1-3H3. The largest absolute Gasteiger partial charge is 0.352 e. The normalized spacial score (nSPS) is 15.6. The van der Waals surface area contributed by atoms with E-state index < -0.39 is 0 Å². The fourth-order valence-electron chi connectivity index (χ4n) is 3.70. The molecule has 0 saturated carbocycles. The molecule has 0 bridgehead atoms. The number of fused-ring (bicyclic) bond motifs is 1. The summed E-state index contributed by atoms with van der Waals surface area (Å²) in [4.78, 5) is 12.1. The van der Waals surface area contributed by atoms with E-state index in [0.29, 0.717) is 5.92 Å². The van der Waals surface area contributed by atoms with Crippen LogP contribution in [-0.4, -0.2) is 37.4 Å². The van der Waals surface area contributed by atoms with Gasteiger partial charge >= 0.3 is 0 Å². The minimum Gasteiger partial charge on any atom is -0.352 e. The van der Waals surface area contributed by atoms with Crippen molar-refractivity contribution in [3.8, 4) is 0 Å². The van der Waals surface area contributed by atoms with E-state index in [1.165, 1.54) is 5.56 Å². The van der Waals surface area contributed by atoms with Crippen LogP contribution in [0.25, 0.3) is 10.9 Å². The lowest BCUT2D eigenvalue weighted by Crippen LogP contribution is -2.44. The first kappa shape index (κ1) is 18.2. The molecule has 1 fully saturated rings. The summed E-state index contributed by atoms with van der Waals surface area (Å²) < 4.78 is 0. The van der Waals surface area contributed by atoms with Gasteiger partial charge < -0.3 is 10.2 Å². The van der Waals surface area contributed by atoms with Gasteiger partial charge in [-0.2, -0.15) is 0 Å². The number of rotatable bonds is 5. The highest BCUT2D eigenvalue weighted by Gasteiger charge is 2.24. The van der Waals surface area contributed by atoms with Gasteiger partial charge in [0, 0.05) is 42.8 Å². The van der Waals surface area contributed by atoms with Gasteiger partial charge in [-0.25, -0.2) is 4.98 Å². The Kier molecular flexibility index (Phi) is 5.92. The third-order valence-corrected chi connectivity index (χ3v) is 5.25. The van der Waals surface area contributed by atoms with Crippen LogP contribution in [0.15, 0.2) is 23.2 Å². The topological polar surface area (TPSA) is 40.5 Å². The van der Waals surface area contributed by atoms with Gasteiger partial charge in [0.1, 0.15) is 5.69 Å². The van der Waals surface area contributed by atoms with Crippen molar-refractivity contribution in [2.75, 3.05) is 31.1 Å². The predicted octanol–water partition coefficient (Wildman–Crippen LogP) is 4.92. The molecular formula is C20H27ClN4. The highest BCUT2D eigenvalue weighted by molar-refractivity contribution is 6.31. The Morgan fingerprint density at radius 3 is 2.64 bits per heavy atom. The van der Waals surface area contributed by atoms with Crippen LogP contribution in [0.5, 0.6) is 0 Å². The maximum Gasteiger partial charge on any atom is 0.155 e. The number of halogens is 1. The Balaban J connectivity index is 2.31. The van der Waals surface area contributed by atoms with Gasteiger partial charge in [0.2, 0.25) is 0 Å². The van der Waals surface area contributed by atoms with Gasteiger partial charge in [0.15, 0.2) is 5.82 Å². The molecule has 25 heavy (non-hydrogen) atoms. The van der Waals surface area contributed by atoms with Crippen LogP contribution in [0.3, 0.4) is 0 Å². The van der Waals surface area contributed by atoms with Gasteiger partial charge in [-0.1, -0.05) is 25.4 Å². The first-order valence-electron chi connectivity index (χ1n) is 9.27. The molecule has 3 rings (SSSR count). The molecule has 134 valence electrons. The monoisotopic (exact) mass is 358 g/mol. The summed E-state index contributed by atoms with van der Waals surface area (Å²) in [6.07, 6.45) is 4.04. The van der Waals surface area contributed by atoms with Crippen LogP contribution < -0.4 is 10.2 Å². The van der Waals surface area contributed by atoms with E-state index in [-0.39, 0.29) is 0 Å². The lowest BCUT2D eigenvalue weighted by Gasteiger charge is -2.31. The van der Waals surface area contributed by atoms with Crippen LogP contribution in [0.1, 0.15) is 45.1 Å². The number of hydrogen-bond donors (Lipinski definition) is 1. The van der Waals surface area contributed by atoms with E-state index in [1.54, 1.807) is 0 Å². The molecule has 1 N–H and O–H groups in total. The van der Waals surface area contributed by atoms with Crippen molar-refractivity contribution < 1.29 is 0 Å². The fourth-order valence-corrected chi connectivity index (χ4v) is 3.87. The first-order valence-corrected chi connectivity index (χ1v) is 9.64. The number of aliphatic imine (C=N–C) groups is 1. The second kappa shape index (κ2) is 8.15. The van der Waals surface area contributed by atoms with Crippen LogP contribution in [0.4, 0.5) is 11.5 Å². The molecule has 1 aromatic heterocycles. The van der Waals surface area contributed by atoms with E-state index in [1.807, 2.05) is 31.3 Å². The van der Waals surface area contributed by atoms with Crippen molar-refractivity contribution in [3.63, 3.8) is 0 Å². The van der Waals surface area contributed by atoms with Crippen molar-refractivity contribution in [1.29, 1.82) is 0 Å². The molecule has 0 atom stereocenters. The second-order valence-electron chi connectivity index (χ2n) is 6.50. The van der Waals surface area contributed by atoms with Crippen molar-refractivity contribution in [2.45, 2.75) is 39.5 Å². The molecule has 0 unspecified atom stereocenters. The average molecular weight is 359 g/mol. The average Bonchev–Trinajstić information content (AvgIpc) is 2.64. The fraction of sp³-hybridized carbons (Fsp3) is 0.500. The maximum absolute atomic E-state index is 6.31. The summed E-state index contributed by atoms with van der Waals surface area (Å²) >= 11 is 6.31. The molecule has 5 heteroatoms. The first-order chi connectivity index (χ1) is 12.2. The second-order valence-corrected chi connectivity index (χ2v) is 6.93. The lowest BCUT2D eigenvalue weighted by molar-refractivity contribution is 0.584. The van der Waals surface area contributed by atoms with Crippen molar-refractivity contribution in [3.05, 3.63) is 28.8 Å². The van der Waals surface area contributed by atoms with Crippen molar-refractivity contribution in [2.24, 2.45) is 4.99 Å². The van der Waals surface area contributed by atoms with Gasteiger partial charge in [-0.15, -0.1) is 0 Å². The summed E-state index contributed by atoms with van der Waals surface area (Å²) in [5.74, 6) is 1.46. The third kappa shape index (κ3) is 3.65. The number of pyridine rings is 1. The number of anilines is 1. The molecule has 1 aromatic carbocycles. The molecule has 0 radical (unpaired) electrons. The molecular weight excluding hydrogens is 332 g/mol. The molecule has 1 saturated heterocycles. The van der Waals surface area contributed by atoms with Gasteiger partial charge in [-0.05, 0) is 49.4 Å². The maximum atomic E-state index is 6.31. The molecule has 0 aliphatic carbocycles. The SMILES string of the molecule is CC=Nc1c(N2CCNCC2)nc2ccc(Cl)cc2c1C(CC)CC. The zero-order chi connectivity index (χ0) is 17.8. The lowest BCUT2D eigenvalue weighted by atomic mass is 9.89. The Hall–Kier alpha value is -1.65. The minimum absolute atomic E-state index is 0.448. The van der Waals surface area contributed by atoms with E-state index in [9.17, 15) is 0 Å². The summed E-state index contributed by atoms with van der Waals surface area (Å²) in [6.45, 7) is 10.3. The van der Waals surface area contributed by atoms with E-state index >= 15 is 0 Å². The smallest absolute Gasteiger partial charge is 0.155 e. The van der Waals surface area contributed by atoms with E-state index in [4.69, 9.17) is 21.6 Å². The van der Waals surface area contributed by atoms with Crippen LogP contribution in [-0.2, 0) is 0 Å². The molecule has 2 aromatic rings. The Morgan fingerprint density at radius 1 is 1.28 bits per heavy atom. The van der Waals surface area contributed by atoms with E-state index in [2.05, 4.69) is 24.1 Å². The van der Waals surface area contributed by atoms with Crippen molar-refractivity contribution in [1.82, 2.24) is 10.3 Å². The van der Waals surface area contributed by atoms with Crippen LogP contribution >= 0.6 is 11.6 Å². The number of aromatic nitrogens is 1. The molecule has 4 nitrogen and oxygen atoms in total. The molecule has 1 aliphatic rings. The van der Waals surface area contributed by atoms with Gasteiger partial charge in [0.25, 0.3) is 0 Å². The molecule has 1 aliphatic heterocycles. The minimum atomic E-state index is 0.448. The Labute approximate surface area is 155 Å². The zero-order valence-corrected chi connectivity index (χ0v) is 16.1. The zero-order valence-electron chi connectivity index (χ0n) is 15.3. The summed E-state index contributed by atoms with van der Waals surface area (Å²) in [5, 5.41) is 5.31. The quantitative estimate of drug-likeness (QED) is 0.771. The third-order valence-electron chi connectivity index (χ3n) is 5.01. The molecule has 0 spiro atoms. The summed E-state index contributed by atoms with van der Waals surface area (Å²) in [5.41, 5.74) is 3.33. The Bertz CT molecular complexity index is 762. The number of nitrogens with zero attached hydrogens (tertiary/aromatic N) is 3. The predicted molar refractivity (Wildman–Crippen MR) is 109 cm³/mol. The van der Waals surface area contributed by atoms with Gasteiger partial charge in [0.05, 0.1) is 5.52 Å². The van der Waals surface area contributed by atoms with Gasteiger partial charge in [-0.3, -0.25) is 4.99 Å². The van der Waals surface area contributed by atoms with E-state index in [0.717, 1.165) is 66.5 Å². The highest BCUT2D eigenvalue weighted by Crippen LogP contribution is 2.43. The number of hydrogen-bond acceptors (Lipinski definition) is 4. The molecule has 0 amide bonds. The summed E-state index contributed by atoms with van der Waals surface area (Å²) in [7, 11) is 0. The summed E-state index contributed by atoms with van der Waals surface area (Å²) in [6, 6.07) is 6.01. The van der Waals surface area contributed by atoms with Crippen LogP contribution in [0, 0.1) is 0 Å². The number of nitrogens with one attached hydrogen (secondary N) is 1. The highest BCUT2D eigenvalue weighted by atomic mass is 35.5. The molecule has 2 heterocycles. The number of piperazine rings is 1. The number of benzene rings is 1. The van der Waals surface area contributed by atoms with Crippen molar-refractivity contribution >= 4 is 40.2 Å². The van der Waals surface area contributed by atoms with Crippen LogP contribution in [0.2, 0.25) is 5.02 Å². The Morgan fingerprint density at radius 2 is 2.00 bits per heavy atom.